The zero-order chi connectivity index (χ0) is 15.1. The maximum Gasteiger partial charge on any atom is 0.138 e. The van der Waals surface area contributed by atoms with E-state index in [4.69, 9.17) is 4.74 Å². The maximum atomic E-state index is 5.13. The number of methoxy groups -OCH3 is 1. The number of ether oxygens (including phenoxy) is 1. The third-order valence-corrected chi connectivity index (χ3v) is 4.57. The summed E-state index contributed by atoms with van der Waals surface area (Å²) in [4.78, 5) is 4.52. The predicted molar refractivity (Wildman–Crippen MR) is 84.4 cm³/mol. The van der Waals surface area contributed by atoms with Crippen molar-refractivity contribution in [2.75, 3.05) is 26.8 Å². The second-order valence-corrected chi connectivity index (χ2v) is 6.62. The lowest BCUT2D eigenvalue weighted by atomic mass is 9.71. The molecule has 5 heteroatoms. The van der Waals surface area contributed by atoms with Crippen LogP contribution in [0.25, 0.3) is 0 Å². The van der Waals surface area contributed by atoms with Crippen LogP contribution in [-0.4, -0.2) is 41.6 Å². The Kier molecular flexibility index (Phi) is 6.18. The molecule has 1 N–H and O–H groups in total. The van der Waals surface area contributed by atoms with Crippen molar-refractivity contribution >= 4 is 0 Å². The maximum absolute atomic E-state index is 5.13. The van der Waals surface area contributed by atoms with Crippen LogP contribution in [0.4, 0.5) is 0 Å². The predicted octanol–water partition coefficient (Wildman–Crippen LogP) is 2.59. The van der Waals surface area contributed by atoms with Crippen LogP contribution in [0.3, 0.4) is 0 Å². The van der Waals surface area contributed by atoms with Crippen molar-refractivity contribution in [1.82, 2.24) is 20.1 Å². The van der Waals surface area contributed by atoms with Gasteiger partial charge in [0.05, 0.1) is 6.61 Å². The molecule has 0 saturated heterocycles. The van der Waals surface area contributed by atoms with Crippen molar-refractivity contribution in [2.45, 2.75) is 58.4 Å². The van der Waals surface area contributed by atoms with Gasteiger partial charge in [-0.15, -0.1) is 0 Å². The van der Waals surface area contributed by atoms with Crippen LogP contribution in [0.2, 0.25) is 0 Å². The molecule has 1 aliphatic rings. The van der Waals surface area contributed by atoms with Crippen LogP contribution in [-0.2, 0) is 11.2 Å². The first-order chi connectivity index (χ1) is 10.2. The van der Waals surface area contributed by atoms with Gasteiger partial charge in [-0.3, -0.25) is 0 Å². The van der Waals surface area contributed by atoms with Gasteiger partial charge in [0.1, 0.15) is 12.2 Å². The lowest BCUT2D eigenvalue weighted by Gasteiger charge is -2.37. The monoisotopic (exact) mass is 294 g/mol. The normalized spacial score (nSPS) is 18.3. The van der Waals surface area contributed by atoms with Crippen molar-refractivity contribution in [3.8, 4) is 0 Å². The van der Waals surface area contributed by atoms with Gasteiger partial charge in [-0.05, 0) is 32.1 Å². The first kappa shape index (κ1) is 16.4. The molecule has 1 heterocycles. The summed E-state index contributed by atoms with van der Waals surface area (Å²) >= 11 is 0. The quantitative estimate of drug-likeness (QED) is 0.749. The molecule has 2 rings (SSSR count). The van der Waals surface area contributed by atoms with Crippen molar-refractivity contribution < 1.29 is 4.74 Å². The molecule has 0 bridgehead atoms. The summed E-state index contributed by atoms with van der Waals surface area (Å²) in [6.07, 6.45) is 9.35. The summed E-state index contributed by atoms with van der Waals surface area (Å²) in [6, 6.07) is 0.379. The van der Waals surface area contributed by atoms with Crippen molar-refractivity contribution in [3.05, 3.63) is 12.2 Å². The van der Waals surface area contributed by atoms with E-state index in [9.17, 15) is 0 Å². The van der Waals surface area contributed by atoms with Crippen molar-refractivity contribution in [2.24, 2.45) is 5.41 Å². The Labute approximate surface area is 128 Å². The zero-order valence-corrected chi connectivity index (χ0v) is 13.8. The molecule has 0 atom stereocenters. The highest BCUT2D eigenvalue weighted by atomic mass is 16.5. The third-order valence-electron chi connectivity index (χ3n) is 4.57. The average Bonchev–Trinajstić information content (AvgIpc) is 2.93. The minimum atomic E-state index is 0.339. The van der Waals surface area contributed by atoms with Crippen molar-refractivity contribution in [3.63, 3.8) is 0 Å². The smallest absolute Gasteiger partial charge is 0.138 e. The van der Waals surface area contributed by atoms with Gasteiger partial charge in [0.2, 0.25) is 0 Å². The standard InChI is InChI=1S/C16H30N4O/c1-14(2)20-15(18-13-19-20)11-16(7-5-4-6-8-16)12-17-9-10-21-3/h13-14,17H,4-12H2,1-3H3. The summed E-state index contributed by atoms with van der Waals surface area (Å²) in [7, 11) is 1.75. The molecule has 1 saturated carbocycles. The van der Waals surface area contributed by atoms with E-state index in [1.54, 1.807) is 13.4 Å². The highest BCUT2D eigenvalue weighted by molar-refractivity contribution is 4.97. The Morgan fingerprint density at radius 3 is 2.76 bits per heavy atom. The van der Waals surface area contributed by atoms with Gasteiger partial charge < -0.3 is 10.1 Å². The van der Waals surface area contributed by atoms with Gasteiger partial charge in [0.15, 0.2) is 0 Å². The van der Waals surface area contributed by atoms with Crippen LogP contribution in [0, 0.1) is 5.41 Å². The highest BCUT2D eigenvalue weighted by Crippen LogP contribution is 2.38. The highest BCUT2D eigenvalue weighted by Gasteiger charge is 2.33. The average molecular weight is 294 g/mol. The molecule has 0 aromatic carbocycles. The Hall–Kier alpha value is -0.940. The number of hydrogen-bond donors (Lipinski definition) is 1. The second kappa shape index (κ2) is 7.90. The summed E-state index contributed by atoms with van der Waals surface area (Å²) in [5, 5.41) is 7.96. The lowest BCUT2D eigenvalue weighted by molar-refractivity contribution is 0.158. The fourth-order valence-electron chi connectivity index (χ4n) is 3.41. The Balaban J connectivity index is 2.03. The summed E-state index contributed by atoms with van der Waals surface area (Å²) < 4.78 is 7.21. The molecule has 5 nitrogen and oxygen atoms in total. The minimum Gasteiger partial charge on any atom is -0.383 e. The van der Waals surface area contributed by atoms with Crippen molar-refractivity contribution in [1.29, 1.82) is 0 Å². The fourth-order valence-corrected chi connectivity index (χ4v) is 3.41. The Bertz CT molecular complexity index is 410. The molecular formula is C16H30N4O. The van der Waals surface area contributed by atoms with E-state index in [1.807, 2.05) is 0 Å². The van der Waals surface area contributed by atoms with E-state index in [0.29, 0.717) is 11.5 Å². The van der Waals surface area contributed by atoms with Gasteiger partial charge >= 0.3 is 0 Å². The topological polar surface area (TPSA) is 52.0 Å². The molecule has 0 amide bonds. The second-order valence-electron chi connectivity index (χ2n) is 6.62. The van der Waals surface area contributed by atoms with E-state index in [2.05, 4.69) is 33.9 Å². The molecule has 21 heavy (non-hydrogen) atoms. The van der Waals surface area contributed by atoms with Crippen LogP contribution < -0.4 is 5.32 Å². The zero-order valence-electron chi connectivity index (χ0n) is 13.8. The van der Waals surface area contributed by atoms with E-state index in [-0.39, 0.29) is 0 Å². The molecule has 1 aromatic rings. The largest absolute Gasteiger partial charge is 0.383 e. The van der Waals surface area contributed by atoms with Gasteiger partial charge in [0.25, 0.3) is 0 Å². The van der Waals surface area contributed by atoms with Gasteiger partial charge in [-0.2, -0.15) is 5.10 Å². The van der Waals surface area contributed by atoms with Gasteiger partial charge in [-0.1, -0.05) is 19.3 Å². The van der Waals surface area contributed by atoms with Gasteiger partial charge in [0, 0.05) is 32.7 Å². The van der Waals surface area contributed by atoms with Crippen LogP contribution in [0.5, 0.6) is 0 Å². The van der Waals surface area contributed by atoms with E-state index in [0.717, 1.165) is 31.9 Å². The van der Waals surface area contributed by atoms with Crippen LogP contribution in [0.1, 0.15) is 57.8 Å². The van der Waals surface area contributed by atoms with E-state index >= 15 is 0 Å². The summed E-state index contributed by atoms with van der Waals surface area (Å²) in [6.45, 7) is 7.10. The third kappa shape index (κ3) is 4.51. The summed E-state index contributed by atoms with van der Waals surface area (Å²) in [5.74, 6) is 1.14. The van der Waals surface area contributed by atoms with E-state index in [1.165, 1.54) is 32.1 Å². The molecule has 120 valence electrons. The molecule has 1 aliphatic carbocycles. The molecule has 1 fully saturated rings. The number of hydrogen-bond acceptors (Lipinski definition) is 4. The number of rotatable bonds is 8. The lowest BCUT2D eigenvalue weighted by Crippen LogP contribution is -2.39. The Morgan fingerprint density at radius 2 is 2.10 bits per heavy atom. The molecule has 0 unspecified atom stereocenters. The first-order valence-corrected chi connectivity index (χ1v) is 8.25. The van der Waals surface area contributed by atoms with Gasteiger partial charge in [-0.25, -0.2) is 9.67 Å². The summed E-state index contributed by atoms with van der Waals surface area (Å²) in [5.41, 5.74) is 0.339. The first-order valence-electron chi connectivity index (χ1n) is 8.25. The number of nitrogens with one attached hydrogen (secondary N) is 1. The number of aromatic nitrogens is 3. The van der Waals surface area contributed by atoms with E-state index < -0.39 is 0 Å². The molecule has 0 radical (unpaired) electrons. The number of nitrogens with zero attached hydrogens (tertiary/aromatic N) is 3. The molecule has 1 aromatic heterocycles. The minimum absolute atomic E-state index is 0.339. The Morgan fingerprint density at radius 1 is 1.33 bits per heavy atom. The SMILES string of the molecule is COCCNCC1(Cc2ncnn2C(C)C)CCCCC1. The van der Waals surface area contributed by atoms with Crippen LogP contribution >= 0.6 is 0 Å². The van der Waals surface area contributed by atoms with Crippen LogP contribution in [0.15, 0.2) is 6.33 Å². The fraction of sp³-hybridized carbons (Fsp3) is 0.875. The molecular weight excluding hydrogens is 264 g/mol. The molecule has 0 spiro atoms. The molecule has 0 aliphatic heterocycles.